The SMILES string of the molecule is Cc1cnn(C(C)C)c1C1CC1. The molecule has 1 fully saturated rings. The smallest absolute Gasteiger partial charge is 0.0522 e. The molecule has 2 nitrogen and oxygen atoms in total. The quantitative estimate of drug-likeness (QED) is 0.657. The molecule has 1 heterocycles. The summed E-state index contributed by atoms with van der Waals surface area (Å²) in [6.07, 6.45) is 4.71. The first-order valence-corrected chi connectivity index (χ1v) is 4.74. The van der Waals surface area contributed by atoms with E-state index in [2.05, 4.69) is 30.6 Å². The van der Waals surface area contributed by atoms with Crippen LogP contribution in [-0.4, -0.2) is 9.78 Å². The summed E-state index contributed by atoms with van der Waals surface area (Å²) in [6, 6.07) is 0.509. The lowest BCUT2D eigenvalue weighted by atomic mass is 10.2. The molecule has 0 spiro atoms. The molecular formula is C10H16N2. The summed E-state index contributed by atoms with van der Waals surface area (Å²) in [5, 5.41) is 4.39. The van der Waals surface area contributed by atoms with Crippen molar-refractivity contribution < 1.29 is 0 Å². The van der Waals surface area contributed by atoms with E-state index < -0.39 is 0 Å². The molecule has 0 aliphatic heterocycles. The van der Waals surface area contributed by atoms with E-state index in [1.807, 2.05) is 6.20 Å². The van der Waals surface area contributed by atoms with Crippen molar-refractivity contribution in [1.82, 2.24) is 9.78 Å². The van der Waals surface area contributed by atoms with Gasteiger partial charge in [-0.05, 0) is 39.2 Å². The number of rotatable bonds is 2. The van der Waals surface area contributed by atoms with Gasteiger partial charge in [-0.1, -0.05) is 0 Å². The summed E-state index contributed by atoms with van der Waals surface area (Å²) >= 11 is 0. The molecule has 0 aromatic carbocycles. The van der Waals surface area contributed by atoms with E-state index in [1.54, 1.807) is 0 Å². The number of aromatic nitrogens is 2. The molecule has 1 aliphatic carbocycles. The first-order valence-electron chi connectivity index (χ1n) is 4.74. The highest BCUT2D eigenvalue weighted by atomic mass is 15.3. The maximum absolute atomic E-state index is 4.39. The third-order valence-electron chi connectivity index (χ3n) is 2.48. The van der Waals surface area contributed by atoms with E-state index in [0.29, 0.717) is 6.04 Å². The highest BCUT2D eigenvalue weighted by Crippen LogP contribution is 2.42. The van der Waals surface area contributed by atoms with Crippen molar-refractivity contribution in [3.05, 3.63) is 17.5 Å². The molecule has 0 N–H and O–H groups in total. The number of nitrogens with zero attached hydrogens (tertiary/aromatic N) is 2. The average Bonchev–Trinajstić information content (AvgIpc) is 2.75. The molecule has 2 rings (SSSR count). The second-order valence-electron chi connectivity index (χ2n) is 4.03. The zero-order chi connectivity index (χ0) is 8.72. The molecule has 1 saturated carbocycles. The fraction of sp³-hybridized carbons (Fsp3) is 0.700. The Kier molecular flexibility index (Phi) is 1.71. The average molecular weight is 164 g/mol. The van der Waals surface area contributed by atoms with Crippen LogP contribution >= 0.6 is 0 Å². The highest BCUT2D eigenvalue weighted by molar-refractivity contribution is 5.24. The normalized spacial score (nSPS) is 17.3. The minimum absolute atomic E-state index is 0.509. The predicted molar refractivity (Wildman–Crippen MR) is 49.3 cm³/mol. The molecule has 2 heteroatoms. The Morgan fingerprint density at radius 1 is 1.50 bits per heavy atom. The molecule has 0 amide bonds. The number of aryl methyl sites for hydroxylation is 1. The second-order valence-corrected chi connectivity index (χ2v) is 4.03. The van der Waals surface area contributed by atoms with E-state index in [1.165, 1.54) is 24.1 Å². The summed E-state index contributed by atoms with van der Waals surface area (Å²) in [5.41, 5.74) is 2.84. The predicted octanol–water partition coefficient (Wildman–Crippen LogP) is 2.65. The lowest BCUT2D eigenvalue weighted by Gasteiger charge is -2.10. The first-order chi connectivity index (χ1) is 5.70. The van der Waals surface area contributed by atoms with Crippen LogP contribution < -0.4 is 0 Å². The maximum atomic E-state index is 4.39. The Morgan fingerprint density at radius 3 is 2.67 bits per heavy atom. The van der Waals surface area contributed by atoms with E-state index >= 15 is 0 Å². The first kappa shape index (κ1) is 7.84. The standard InChI is InChI=1S/C10H16N2/c1-7(2)12-10(9-4-5-9)8(3)6-11-12/h6-7,9H,4-5H2,1-3H3. The fourth-order valence-corrected chi connectivity index (χ4v) is 1.74. The van der Waals surface area contributed by atoms with Crippen LogP contribution in [0.3, 0.4) is 0 Å². The zero-order valence-corrected chi connectivity index (χ0v) is 8.04. The molecule has 1 aliphatic rings. The van der Waals surface area contributed by atoms with Crippen LogP contribution in [0.5, 0.6) is 0 Å². The van der Waals surface area contributed by atoms with Crippen molar-refractivity contribution in [3.63, 3.8) is 0 Å². The van der Waals surface area contributed by atoms with Gasteiger partial charge in [-0.2, -0.15) is 5.10 Å². The summed E-state index contributed by atoms with van der Waals surface area (Å²) in [4.78, 5) is 0. The van der Waals surface area contributed by atoms with Crippen LogP contribution in [0.15, 0.2) is 6.20 Å². The third kappa shape index (κ3) is 1.15. The summed E-state index contributed by atoms with van der Waals surface area (Å²) in [5.74, 6) is 0.815. The molecule has 0 atom stereocenters. The van der Waals surface area contributed by atoms with Gasteiger partial charge in [-0.3, -0.25) is 4.68 Å². The Bertz CT molecular complexity index is 282. The summed E-state index contributed by atoms with van der Waals surface area (Å²) in [7, 11) is 0. The topological polar surface area (TPSA) is 17.8 Å². The Balaban J connectivity index is 2.39. The molecule has 0 unspecified atom stereocenters. The summed E-state index contributed by atoms with van der Waals surface area (Å²) < 4.78 is 2.17. The minimum atomic E-state index is 0.509. The zero-order valence-electron chi connectivity index (χ0n) is 8.04. The molecule has 0 bridgehead atoms. The monoisotopic (exact) mass is 164 g/mol. The Hall–Kier alpha value is -0.790. The van der Waals surface area contributed by atoms with Crippen LogP contribution in [0.2, 0.25) is 0 Å². The van der Waals surface area contributed by atoms with Gasteiger partial charge in [-0.25, -0.2) is 0 Å². The molecule has 12 heavy (non-hydrogen) atoms. The lowest BCUT2D eigenvalue weighted by molar-refractivity contribution is 0.509. The largest absolute Gasteiger partial charge is 0.267 e. The molecule has 1 aromatic rings. The van der Waals surface area contributed by atoms with Crippen molar-refractivity contribution in [2.45, 2.75) is 45.6 Å². The van der Waals surface area contributed by atoms with Crippen molar-refractivity contribution >= 4 is 0 Å². The van der Waals surface area contributed by atoms with Crippen molar-refractivity contribution in [1.29, 1.82) is 0 Å². The van der Waals surface area contributed by atoms with Crippen LogP contribution in [0.1, 0.15) is 49.9 Å². The second kappa shape index (κ2) is 2.61. The van der Waals surface area contributed by atoms with E-state index in [-0.39, 0.29) is 0 Å². The van der Waals surface area contributed by atoms with E-state index in [4.69, 9.17) is 0 Å². The van der Waals surface area contributed by atoms with E-state index in [9.17, 15) is 0 Å². The van der Waals surface area contributed by atoms with Gasteiger partial charge in [0.05, 0.1) is 6.20 Å². The van der Waals surface area contributed by atoms with Gasteiger partial charge < -0.3 is 0 Å². The minimum Gasteiger partial charge on any atom is -0.267 e. The van der Waals surface area contributed by atoms with Crippen molar-refractivity contribution in [2.24, 2.45) is 0 Å². The van der Waals surface area contributed by atoms with Crippen molar-refractivity contribution in [3.8, 4) is 0 Å². The Labute approximate surface area is 73.6 Å². The van der Waals surface area contributed by atoms with Gasteiger partial charge in [0.2, 0.25) is 0 Å². The molecule has 66 valence electrons. The van der Waals surface area contributed by atoms with Gasteiger partial charge in [-0.15, -0.1) is 0 Å². The molecular weight excluding hydrogens is 148 g/mol. The molecule has 1 aromatic heterocycles. The summed E-state index contributed by atoms with van der Waals surface area (Å²) in [6.45, 7) is 6.55. The Morgan fingerprint density at radius 2 is 2.17 bits per heavy atom. The van der Waals surface area contributed by atoms with Crippen LogP contribution in [0.4, 0.5) is 0 Å². The van der Waals surface area contributed by atoms with Crippen LogP contribution in [0.25, 0.3) is 0 Å². The van der Waals surface area contributed by atoms with Gasteiger partial charge in [0, 0.05) is 17.7 Å². The van der Waals surface area contributed by atoms with E-state index in [0.717, 1.165) is 5.92 Å². The lowest BCUT2D eigenvalue weighted by Crippen LogP contribution is -2.06. The van der Waals surface area contributed by atoms with Crippen LogP contribution in [-0.2, 0) is 0 Å². The molecule has 0 radical (unpaired) electrons. The van der Waals surface area contributed by atoms with Gasteiger partial charge >= 0.3 is 0 Å². The highest BCUT2D eigenvalue weighted by Gasteiger charge is 2.29. The van der Waals surface area contributed by atoms with Gasteiger partial charge in [0.15, 0.2) is 0 Å². The number of hydrogen-bond acceptors (Lipinski definition) is 1. The number of hydrogen-bond donors (Lipinski definition) is 0. The molecule has 0 saturated heterocycles. The van der Waals surface area contributed by atoms with Gasteiger partial charge in [0.1, 0.15) is 0 Å². The van der Waals surface area contributed by atoms with Gasteiger partial charge in [0.25, 0.3) is 0 Å². The maximum Gasteiger partial charge on any atom is 0.0522 e. The van der Waals surface area contributed by atoms with Crippen molar-refractivity contribution in [2.75, 3.05) is 0 Å². The fourth-order valence-electron chi connectivity index (χ4n) is 1.74. The van der Waals surface area contributed by atoms with Crippen LogP contribution in [0, 0.1) is 6.92 Å². The third-order valence-corrected chi connectivity index (χ3v) is 2.48.